The first-order valence-corrected chi connectivity index (χ1v) is 9.27. The van der Waals surface area contributed by atoms with Crippen molar-refractivity contribution in [2.45, 2.75) is 23.6 Å². The highest BCUT2D eigenvalue weighted by Gasteiger charge is 2.17. The first-order chi connectivity index (χ1) is 13.0. The number of benzene rings is 2. The van der Waals surface area contributed by atoms with Crippen LogP contribution in [0.2, 0.25) is 0 Å². The molecule has 0 fully saturated rings. The quantitative estimate of drug-likeness (QED) is 0.525. The summed E-state index contributed by atoms with van der Waals surface area (Å²) in [5.74, 6) is 0.411. The van der Waals surface area contributed by atoms with Crippen LogP contribution in [0.1, 0.15) is 12.5 Å². The molecule has 0 saturated heterocycles. The van der Waals surface area contributed by atoms with Crippen molar-refractivity contribution in [3.63, 3.8) is 0 Å². The molecule has 2 rings (SSSR count). The average Bonchev–Trinajstić information content (AvgIpc) is 2.70. The number of ether oxygens (including phenoxy) is 3. The molecule has 2 aromatic carbocycles. The van der Waals surface area contributed by atoms with Crippen molar-refractivity contribution in [1.29, 1.82) is 0 Å². The van der Waals surface area contributed by atoms with Gasteiger partial charge in [0, 0.05) is 11.4 Å². The van der Waals surface area contributed by atoms with Gasteiger partial charge < -0.3 is 19.5 Å². The fourth-order valence-corrected chi connectivity index (χ4v) is 3.13. The predicted octanol–water partition coefficient (Wildman–Crippen LogP) is 3.04. The third-order valence-corrected chi connectivity index (χ3v) is 4.76. The maximum atomic E-state index is 12.0. The summed E-state index contributed by atoms with van der Waals surface area (Å²) in [6, 6.07) is 14.9. The van der Waals surface area contributed by atoms with E-state index in [1.807, 2.05) is 36.4 Å². The van der Waals surface area contributed by atoms with Crippen LogP contribution in [0, 0.1) is 0 Å². The molecule has 7 heteroatoms. The van der Waals surface area contributed by atoms with E-state index < -0.39 is 11.2 Å². The zero-order valence-corrected chi connectivity index (χ0v) is 16.4. The van der Waals surface area contributed by atoms with Crippen LogP contribution in [0.5, 0.6) is 11.5 Å². The number of carbonyl (C=O) groups is 2. The van der Waals surface area contributed by atoms with Gasteiger partial charge in [0.05, 0.1) is 14.2 Å². The first-order valence-electron chi connectivity index (χ1n) is 8.39. The summed E-state index contributed by atoms with van der Waals surface area (Å²) >= 11 is 1.39. The number of esters is 1. The molecule has 0 bridgehead atoms. The monoisotopic (exact) mass is 389 g/mol. The van der Waals surface area contributed by atoms with Gasteiger partial charge in [0.25, 0.3) is 5.91 Å². The lowest BCUT2D eigenvalue weighted by atomic mass is 10.2. The summed E-state index contributed by atoms with van der Waals surface area (Å²) in [5, 5.41) is 2.32. The van der Waals surface area contributed by atoms with Crippen molar-refractivity contribution in [3.8, 4) is 11.5 Å². The zero-order chi connectivity index (χ0) is 19.6. The summed E-state index contributed by atoms with van der Waals surface area (Å²) in [6.45, 7) is 1.73. The third-order valence-electron chi connectivity index (χ3n) is 3.67. The summed E-state index contributed by atoms with van der Waals surface area (Å²) in [4.78, 5) is 24.9. The Morgan fingerprint density at radius 3 is 2.41 bits per heavy atom. The van der Waals surface area contributed by atoms with Crippen LogP contribution in [0.3, 0.4) is 0 Å². The van der Waals surface area contributed by atoms with Gasteiger partial charge in [-0.15, -0.1) is 11.8 Å². The second-order valence-electron chi connectivity index (χ2n) is 5.65. The molecule has 0 unspecified atom stereocenters. The smallest absolute Gasteiger partial charge is 0.319 e. The van der Waals surface area contributed by atoms with Crippen LogP contribution in [0.4, 0.5) is 0 Å². The molecule has 6 nitrogen and oxygen atoms in total. The molecular formula is C20H23NO5S. The zero-order valence-electron chi connectivity index (χ0n) is 15.6. The Hall–Kier alpha value is -2.67. The Morgan fingerprint density at radius 2 is 1.74 bits per heavy atom. The van der Waals surface area contributed by atoms with Crippen LogP contribution in [-0.4, -0.2) is 38.0 Å². The number of carbonyl (C=O) groups excluding carboxylic acids is 2. The molecule has 1 atom stereocenters. The normalized spacial score (nSPS) is 11.4. The van der Waals surface area contributed by atoms with E-state index in [0.717, 1.165) is 10.5 Å². The number of hydrogen-bond donors (Lipinski definition) is 1. The van der Waals surface area contributed by atoms with Crippen molar-refractivity contribution in [1.82, 2.24) is 5.32 Å². The van der Waals surface area contributed by atoms with Gasteiger partial charge in [0.1, 0.15) is 5.25 Å². The van der Waals surface area contributed by atoms with Gasteiger partial charge in [-0.05, 0) is 36.8 Å². The molecule has 27 heavy (non-hydrogen) atoms. The molecular weight excluding hydrogens is 366 g/mol. The molecule has 0 saturated carbocycles. The molecule has 0 radical (unpaired) electrons. The van der Waals surface area contributed by atoms with Crippen molar-refractivity contribution in [2.75, 3.05) is 20.8 Å². The maximum absolute atomic E-state index is 12.0. The molecule has 0 aromatic heterocycles. The molecule has 0 spiro atoms. The average molecular weight is 389 g/mol. The number of nitrogens with one attached hydrogen (secondary N) is 1. The fraction of sp³-hybridized carbons (Fsp3) is 0.300. The lowest BCUT2D eigenvalue weighted by molar-refractivity contribution is -0.147. The molecule has 1 amide bonds. The molecule has 0 heterocycles. The number of rotatable bonds is 9. The SMILES string of the molecule is COc1ccc(CNC(=O)COC(=O)[C@@H](C)Sc2ccccc2)cc1OC. The van der Waals surface area contributed by atoms with E-state index in [0.29, 0.717) is 18.0 Å². The minimum absolute atomic E-state index is 0.297. The van der Waals surface area contributed by atoms with Gasteiger partial charge in [-0.1, -0.05) is 24.3 Å². The third kappa shape index (κ3) is 6.53. The maximum Gasteiger partial charge on any atom is 0.319 e. The Kier molecular flexibility index (Phi) is 8.00. The topological polar surface area (TPSA) is 73.9 Å². The van der Waals surface area contributed by atoms with Gasteiger partial charge in [-0.3, -0.25) is 9.59 Å². The number of amides is 1. The Balaban J connectivity index is 1.76. The molecule has 1 N–H and O–H groups in total. The van der Waals surface area contributed by atoms with Gasteiger partial charge in [0.15, 0.2) is 18.1 Å². The number of hydrogen-bond acceptors (Lipinski definition) is 6. The van der Waals surface area contributed by atoms with Crippen LogP contribution < -0.4 is 14.8 Å². The fourth-order valence-electron chi connectivity index (χ4n) is 2.25. The van der Waals surface area contributed by atoms with Gasteiger partial charge in [0.2, 0.25) is 0 Å². The van der Waals surface area contributed by atoms with E-state index >= 15 is 0 Å². The molecule has 0 aliphatic carbocycles. The van der Waals surface area contributed by atoms with Crippen LogP contribution in [-0.2, 0) is 20.9 Å². The summed E-state index contributed by atoms with van der Waals surface area (Å²) in [6.07, 6.45) is 0. The van der Waals surface area contributed by atoms with E-state index in [4.69, 9.17) is 14.2 Å². The second-order valence-corrected chi connectivity index (χ2v) is 7.06. The minimum Gasteiger partial charge on any atom is -0.493 e. The summed E-state index contributed by atoms with van der Waals surface area (Å²) < 4.78 is 15.5. The van der Waals surface area contributed by atoms with Crippen molar-refractivity contribution < 1.29 is 23.8 Å². The van der Waals surface area contributed by atoms with Crippen LogP contribution >= 0.6 is 11.8 Å². The van der Waals surface area contributed by atoms with E-state index in [2.05, 4.69) is 5.32 Å². The molecule has 0 aliphatic heterocycles. The molecule has 0 aliphatic rings. The highest BCUT2D eigenvalue weighted by Crippen LogP contribution is 2.27. The summed E-state index contributed by atoms with van der Waals surface area (Å²) in [5.41, 5.74) is 0.848. The van der Waals surface area contributed by atoms with Gasteiger partial charge in [-0.25, -0.2) is 0 Å². The number of methoxy groups -OCH3 is 2. The van der Waals surface area contributed by atoms with Crippen LogP contribution in [0.25, 0.3) is 0 Å². The van der Waals surface area contributed by atoms with Crippen molar-refractivity contribution in [2.24, 2.45) is 0 Å². The van der Waals surface area contributed by atoms with Crippen molar-refractivity contribution >= 4 is 23.6 Å². The van der Waals surface area contributed by atoms with E-state index in [-0.39, 0.29) is 12.5 Å². The summed E-state index contributed by atoms with van der Waals surface area (Å²) in [7, 11) is 3.11. The highest BCUT2D eigenvalue weighted by atomic mass is 32.2. The minimum atomic E-state index is -0.426. The Bertz CT molecular complexity index is 766. The predicted molar refractivity (Wildman–Crippen MR) is 104 cm³/mol. The first kappa shape index (κ1) is 20.6. The van der Waals surface area contributed by atoms with E-state index in [1.54, 1.807) is 33.3 Å². The van der Waals surface area contributed by atoms with E-state index in [9.17, 15) is 9.59 Å². The van der Waals surface area contributed by atoms with Gasteiger partial charge in [-0.2, -0.15) is 0 Å². The largest absolute Gasteiger partial charge is 0.493 e. The lowest BCUT2D eigenvalue weighted by Gasteiger charge is -2.12. The van der Waals surface area contributed by atoms with Crippen molar-refractivity contribution in [3.05, 3.63) is 54.1 Å². The standard InChI is InChI=1S/C20H23NO5S/c1-14(27-16-7-5-4-6-8-16)20(23)26-13-19(22)21-12-15-9-10-17(24-2)18(11-15)25-3/h4-11,14H,12-13H2,1-3H3,(H,21,22)/t14-/m1/s1. The van der Waals surface area contributed by atoms with Crippen LogP contribution in [0.15, 0.2) is 53.4 Å². The highest BCUT2D eigenvalue weighted by molar-refractivity contribution is 8.00. The second kappa shape index (κ2) is 10.5. The lowest BCUT2D eigenvalue weighted by Crippen LogP contribution is -2.30. The Morgan fingerprint density at radius 1 is 1.04 bits per heavy atom. The van der Waals surface area contributed by atoms with E-state index in [1.165, 1.54) is 11.8 Å². The van der Waals surface area contributed by atoms with Gasteiger partial charge >= 0.3 is 5.97 Å². The number of thioether (sulfide) groups is 1. The Labute approximate surface area is 163 Å². The molecule has 2 aromatic rings. The molecule has 144 valence electrons.